The molecular weight excluding hydrogens is 545 g/mol. The first-order valence-electron chi connectivity index (χ1n) is 12.8. The lowest BCUT2D eigenvalue weighted by atomic mass is 9.96. The van der Waals surface area contributed by atoms with Gasteiger partial charge in [-0.1, -0.05) is 53.8 Å². The second-order valence-electron chi connectivity index (χ2n) is 9.58. The predicted octanol–water partition coefficient (Wildman–Crippen LogP) is 3.47. The Morgan fingerprint density at radius 3 is 2.39 bits per heavy atom. The molecule has 10 heteroatoms. The van der Waals surface area contributed by atoms with Gasteiger partial charge < -0.3 is 14.4 Å². The molecule has 6 rings (SSSR count). The zero-order chi connectivity index (χ0) is 28.8. The predicted molar refractivity (Wildman–Crippen MR) is 152 cm³/mol. The molecule has 41 heavy (non-hydrogen) atoms. The summed E-state index contributed by atoms with van der Waals surface area (Å²) in [5.74, 6) is -0.682. The number of amides is 1. The molecule has 1 unspecified atom stereocenters. The van der Waals surface area contributed by atoms with Crippen LogP contribution < -0.4 is 24.5 Å². The molecule has 2 aliphatic rings. The maximum absolute atomic E-state index is 14.2. The Morgan fingerprint density at radius 2 is 1.71 bits per heavy atom. The molecule has 1 atom stereocenters. The van der Waals surface area contributed by atoms with Gasteiger partial charge in [-0.2, -0.15) is 0 Å². The van der Waals surface area contributed by atoms with E-state index in [4.69, 9.17) is 9.47 Å². The van der Waals surface area contributed by atoms with E-state index in [9.17, 15) is 18.8 Å². The Balaban J connectivity index is 1.56. The molecule has 3 heterocycles. The van der Waals surface area contributed by atoms with E-state index in [1.165, 1.54) is 23.8 Å². The molecule has 0 spiro atoms. The maximum atomic E-state index is 14.2. The molecule has 3 aromatic carbocycles. The summed E-state index contributed by atoms with van der Waals surface area (Å²) in [6, 6.07) is 19.5. The zero-order valence-electron chi connectivity index (χ0n) is 22.4. The molecule has 1 aromatic heterocycles. The fourth-order valence-corrected chi connectivity index (χ4v) is 6.41. The van der Waals surface area contributed by atoms with Crippen LogP contribution in [0.1, 0.15) is 29.7 Å². The van der Waals surface area contributed by atoms with Crippen molar-refractivity contribution in [2.75, 3.05) is 19.1 Å². The maximum Gasteiger partial charge on any atom is 0.338 e. The highest BCUT2D eigenvalue weighted by atomic mass is 32.1. The summed E-state index contributed by atoms with van der Waals surface area (Å²) in [6.45, 7) is 1.90. The molecule has 0 bridgehead atoms. The van der Waals surface area contributed by atoms with Crippen molar-refractivity contribution >= 4 is 34.5 Å². The van der Waals surface area contributed by atoms with Crippen LogP contribution in [-0.4, -0.2) is 30.7 Å². The minimum Gasteiger partial charge on any atom is -0.497 e. The van der Waals surface area contributed by atoms with Crippen molar-refractivity contribution < 1.29 is 23.5 Å². The molecule has 0 saturated carbocycles. The summed E-state index contributed by atoms with van der Waals surface area (Å²) in [5.41, 5.74) is 3.16. The first-order valence-corrected chi connectivity index (χ1v) is 13.6. The summed E-state index contributed by atoms with van der Waals surface area (Å²) in [6.07, 6.45) is 0. The number of carbonyl (C=O) groups excluding carboxylic acids is 2. The van der Waals surface area contributed by atoms with Crippen LogP contribution in [0, 0.1) is 5.82 Å². The van der Waals surface area contributed by atoms with Gasteiger partial charge in [0.25, 0.3) is 11.5 Å². The number of benzene rings is 3. The van der Waals surface area contributed by atoms with Gasteiger partial charge in [0, 0.05) is 5.56 Å². The first-order chi connectivity index (χ1) is 19.8. The zero-order valence-corrected chi connectivity index (χ0v) is 23.2. The van der Waals surface area contributed by atoms with E-state index < -0.39 is 17.6 Å². The number of hydrogen-bond donors (Lipinski definition) is 0. The molecule has 0 radical (unpaired) electrons. The highest BCUT2D eigenvalue weighted by Gasteiger charge is 2.37. The largest absolute Gasteiger partial charge is 0.497 e. The van der Waals surface area contributed by atoms with E-state index in [0.29, 0.717) is 33.1 Å². The molecule has 2 aliphatic heterocycles. The standard InChI is InChI=1S/C31H24FN3O5S/c1-17-24(30(38)40-3)26(19-10-14-21(39-2)15-11-19)35-29(37)27(41-31(35)33-17)25-22-6-4-5-7-23(22)34(28(25)36)16-18-8-12-20(32)13-9-18/h4-15,26H,16H2,1-3H3. The number of ether oxygens (including phenoxy) is 2. The van der Waals surface area contributed by atoms with Gasteiger partial charge in [-0.25, -0.2) is 14.2 Å². The third-order valence-corrected chi connectivity index (χ3v) is 8.29. The van der Waals surface area contributed by atoms with Crippen molar-refractivity contribution in [3.63, 3.8) is 0 Å². The summed E-state index contributed by atoms with van der Waals surface area (Å²) in [4.78, 5) is 47.7. The molecule has 0 aliphatic carbocycles. The Morgan fingerprint density at radius 1 is 1.00 bits per heavy atom. The summed E-state index contributed by atoms with van der Waals surface area (Å²) < 4.78 is 25.5. The number of fused-ring (bicyclic) bond motifs is 2. The Hall–Kier alpha value is -4.83. The minimum absolute atomic E-state index is 0.206. The second-order valence-corrected chi connectivity index (χ2v) is 10.6. The van der Waals surface area contributed by atoms with Crippen LogP contribution in [0.4, 0.5) is 10.1 Å². The minimum atomic E-state index is -0.818. The number of nitrogens with zero attached hydrogens (tertiary/aromatic N) is 3. The van der Waals surface area contributed by atoms with E-state index in [-0.39, 0.29) is 33.9 Å². The number of rotatable bonds is 5. The fraction of sp³-hybridized carbons (Fsp3) is 0.161. The Labute approximate surface area is 237 Å². The van der Waals surface area contributed by atoms with Crippen molar-refractivity contribution in [1.29, 1.82) is 0 Å². The average molecular weight is 570 g/mol. The lowest BCUT2D eigenvalue weighted by molar-refractivity contribution is -0.136. The Bertz CT molecular complexity index is 1920. The number of aromatic nitrogens is 1. The molecule has 0 N–H and O–H groups in total. The summed E-state index contributed by atoms with van der Waals surface area (Å²) in [5, 5.41) is 0. The van der Waals surface area contributed by atoms with Crippen LogP contribution in [0.5, 0.6) is 5.75 Å². The van der Waals surface area contributed by atoms with Crippen molar-refractivity contribution in [2.24, 2.45) is 4.99 Å². The molecule has 0 saturated heterocycles. The SMILES string of the molecule is COC(=O)C1=C(C)N=c2sc(=C3C(=O)N(Cc4ccc(F)cc4)c4ccccc43)c(=O)n2C1c1ccc(OC)cc1. The van der Waals surface area contributed by atoms with Crippen LogP contribution in [0.15, 0.2) is 93.9 Å². The van der Waals surface area contributed by atoms with Gasteiger partial charge in [0.15, 0.2) is 4.80 Å². The van der Waals surface area contributed by atoms with Gasteiger partial charge in [0.1, 0.15) is 16.1 Å². The molecular formula is C31H24FN3O5S. The van der Waals surface area contributed by atoms with Crippen LogP contribution in [0.3, 0.4) is 0 Å². The molecule has 0 fully saturated rings. The second kappa shape index (κ2) is 10.3. The van der Waals surface area contributed by atoms with Gasteiger partial charge in [-0.15, -0.1) is 0 Å². The van der Waals surface area contributed by atoms with Crippen LogP contribution in [0.2, 0.25) is 0 Å². The first kappa shape index (κ1) is 26.4. The number of anilines is 1. The summed E-state index contributed by atoms with van der Waals surface area (Å²) in [7, 11) is 2.84. The quantitative estimate of drug-likeness (QED) is 0.344. The number of esters is 1. The average Bonchev–Trinajstić information content (AvgIpc) is 3.45. The molecule has 4 aromatic rings. The lowest BCUT2D eigenvalue weighted by Gasteiger charge is -2.24. The highest BCUT2D eigenvalue weighted by molar-refractivity contribution is 7.07. The molecule has 8 nitrogen and oxygen atoms in total. The van der Waals surface area contributed by atoms with E-state index in [1.54, 1.807) is 61.4 Å². The number of methoxy groups -OCH3 is 2. The fourth-order valence-electron chi connectivity index (χ4n) is 5.27. The number of thiazole rings is 1. The van der Waals surface area contributed by atoms with Crippen molar-refractivity contribution in [2.45, 2.75) is 19.5 Å². The van der Waals surface area contributed by atoms with E-state index >= 15 is 0 Å². The highest BCUT2D eigenvalue weighted by Crippen LogP contribution is 2.37. The van der Waals surface area contributed by atoms with Crippen LogP contribution in [-0.2, 0) is 20.9 Å². The lowest BCUT2D eigenvalue weighted by Crippen LogP contribution is -2.40. The van der Waals surface area contributed by atoms with Gasteiger partial charge in [-0.3, -0.25) is 14.2 Å². The van der Waals surface area contributed by atoms with Crippen molar-refractivity contribution in [3.05, 3.63) is 126 Å². The van der Waals surface area contributed by atoms with Gasteiger partial charge in [0.2, 0.25) is 0 Å². The monoisotopic (exact) mass is 569 g/mol. The third-order valence-electron chi connectivity index (χ3n) is 7.24. The number of carbonyl (C=O) groups is 2. The van der Waals surface area contributed by atoms with Crippen LogP contribution >= 0.6 is 11.3 Å². The normalized spacial score (nSPS) is 17.2. The number of para-hydroxylation sites is 1. The molecule has 1 amide bonds. The van der Waals surface area contributed by atoms with Gasteiger partial charge in [0.05, 0.1) is 49.3 Å². The van der Waals surface area contributed by atoms with Gasteiger partial charge in [-0.05, 0) is 48.4 Å². The smallest absolute Gasteiger partial charge is 0.338 e. The van der Waals surface area contributed by atoms with E-state index in [1.807, 2.05) is 18.2 Å². The van der Waals surface area contributed by atoms with Crippen LogP contribution in [0.25, 0.3) is 5.57 Å². The van der Waals surface area contributed by atoms with Gasteiger partial charge >= 0.3 is 5.97 Å². The molecule has 206 valence electrons. The van der Waals surface area contributed by atoms with E-state index in [2.05, 4.69) is 4.99 Å². The summed E-state index contributed by atoms with van der Waals surface area (Å²) >= 11 is 1.11. The van der Waals surface area contributed by atoms with E-state index in [0.717, 1.165) is 16.9 Å². The number of allylic oxidation sites excluding steroid dienone is 1. The van der Waals surface area contributed by atoms with Crippen molar-refractivity contribution in [1.82, 2.24) is 4.57 Å². The number of halogens is 1. The van der Waals surface area contributed by atoms with Crippen molar-refractivity contribution in [3.8, 4) is 5.75 Å². The topological polar surface area (TPSA) is 90.2 Å². The number of hydrogen-bond acceptors (Lipinski definition) is 7. The third kappa shape index (κ3) is 4.36. The Kier molecular flexibility index (Phi) is 6.63.